The molecular formula is C11H12BrN3. The minimum Gasteiger partial charge on any atom is -0.382 e. The summed E-state index contributed by atoms with van der Waals surface area (Å²) in [5.41, 5.74) is 8.98. The summed E-state index contributed by atoms with van der Waals surface area (Å²) in [5.74, 6) is 0.520. The van der Waals surface area contributed by atoms with Crippen LogP contribution in [0.1, 0.15) is 12.5 Å². The first kappa shape index (κ1) is 10.2. The van der Waals surface area contributed by atoms with E-state index >= 15 is 0 Å². The molecule has 0 fully saturated rings. The van der Waals surface area contributed by atoms with Crippen molar-refractivity contribution in [3.63, 3.8) is 0 Å². The maximum Gasteiger partial charge on any atom is 0.145 e. The second-order valence-corrected chi connectivity index (χ2v) is 4.28. The number of aromatic nitrogens is 2. The van der Waals surface area contributed by atoms with E-state index in [1.54, 1.807) is 0 Å². The highest BCUT2D eigenvalue weighted by Gasteiger charge is 2.06. The van der Waals surface area contributed by atoms with E-state index in [1.165, 1.54) is 5.56 Å². The van der Waals surface area contributed by atoms with Gasteiger partial charge in [0.25, 0.3) is 0 Å². The summed E-state index contributed by atoms with van der Waals surface area (Å²) in [7, 11) is 0. The van der Waals surface area contributed by atoms with Crippen molar-refractivity contribution in [1.29, 1.82) is 0 Å². The molecule has 0 atom stereocenters. The Hall–Kier alpha value is -1.29. The lowest BCUT2D eigenvalue weighted by molar-refractivity contribution is 1.09. The number of nitrogens with two attached hydrogens (primary N) is 1. The average Bonchev–Trinajstić information content (AvgIpc) is 2.65. The van der Waals surface area contributed by atoms with Crippen molar-refractivity contribution in [3.8, 4) is 11.3 Å². The van der Waals surface area contributed by atoms with E-state index in [-0.39, 0.29) is 0 Å². The van der Waals surface area contributed by atoms with Crippen molar-refractivity contribution in [3.05, 3.63) is 34.3 Å². The van der Waals surface area contributed by atoms with Gasteiger partial charge in [-0.05, 0) is 24.1 Å². The van der Waals surface area contributed by atoms with Crippen LogP contribution < -0.4 is 5.73 Å². The van der Waals surface area contributed by atoms with Gasteiger partial charge in [0.1, 0.15) is 5.82 Å². The molecule has 0 radical (unpaired) electrons. The summed E-state index contributed by atoms with van der Waals surface area (Å²) in [5, 5.41) is 6.86. The highest BCUT2D eigenvalue weighted by molar-refractivity contribution is 9.10. The predicted molar refractivity (Wildman–Crippen MR) is 65.5 cm³/mol. The van der Waals surface area contributed by atoms with Crippen LogP contribution in [0.5, 0.6) is 0 Å². The van der Waals surface area contributed by atoms with Gasteiger partial charge in [-0.1, -0.05) is 28.9 Å². The Morgan fingerprint density at radius 1 is 1.40 bits per heavy atom. The van der Waals surface area contributed by atoms with E-state index < -0.39 is 0 Å². The molecule has 3 nitrogen and oxygen atoms in total. The van der Waals surface area contributed by atoms with Crippen LogP contribution in [0.3, 0.4) is 0 Å². The molecule has 1 heterocycles. The standard InChI is InChI=1S/C11H12BrN3/c1-2-7-3-4-8(12)5-9(7)10-6-11(13)15-14-10/h3-6H,2H2,1H3,(H3,13,14,15). The van der Waals surface area contributed by atoms with E-state index in [1.807, 2.05) is 12.1 Å². The SMILES string of the molecule is CCc1ccc(Br)cc1-c1cc(N)n[nH]1. The lowest BCUT2D eigenvalue weighted by Gasteiger charge is -2.05. The summed E-state index contributed by atoms with van der Waals surface area (Å²) < 4.78 is 1.06. The number of anilines is 1. The second kappa shape index (κ2) is 4.06. The van der Waals surface area contributed by atoms with Crippen molar-refractivity contribution >= 4 is 21.7 Å². The number of H-pyrrole nitrogens is 1. The van der Waals surface area contributed by atoms with Gasteiger partial charge in [0.15, 0.2) is 0 Å². The van der Waals surface area contributed by atoms with Gasteiger partial charge < -0.3 is 5.73 Å². The van der Waals surface area contributed by atoms with E-state index in [4.69, 9.17) is 5.73 Å². The van der Waals surface area contributed by atoms with Crippen molar-refractivity contribution in [2.45, 2.75) is 13.3 Å². The minimum atomic E-state index is 0.520. The van der Waals surface area contributed by atoms with Gasteiger partial charge in [0, 0.05) is 16.1 Å². The fraction of sp³-hybridized carbons (Fsp3) is 0.182. The summed E-state index contributed by atoms with van der Waals surface area (Å²) >= 11 is 3.46. The molecule has 2 aromatic rings. The Labute approximate surface area is 96.8 Å². The largest absolute Gasteiger partial charge is 0.382 e. The summed E-state index contributed by atoms with van der Waals surface area (Å²) in [6.07, 6.45) is 0.988. The van der Waals surface area contributed by atoms with Crippen LogP contribution in [0.4, 0.5) is 5.82 Å². The molecule has 0 unspecified atom stereocenters. The van der Waals surface area contributed by atoms with E-state index in [0.29, 0.717) is 5.82 Å². The number of halogens is 1. The fourth-order valence-electron chi connectivity index (χ4n) is 1.58. The molecule has 0 saturated carbocycles. The molecule has 1 aromatic carbocycles. The van der Waals surface area contributed by atoms with E-state index in [2.05, 4.69) is 45.2 Å². The molecule has 0 amide bonds. The Balaban J connectivity index is 2.55. The van der Waals surface area contributed by atoms with Crippen molar-refractivity contribution in [1.82, 2.24) is 10.2 Å². The Bertz CT molecular complexity index is 476. The molecule has 0 spiro atoms. The molecule has 4 heteroatoms. The number of rotatable bonds is 2. The Morgan fingerprint density at radius 2 is 2.20 bits per heavy atom. The van der Waals surface area contributed by atoms with E-state index in [0.717, 1.165) is 22.2 Å². The normalized spacial score (nSPS) is 10.5. The number of benzene rings is 1. The molecule has 0 bridgehead atoms. The van der Waals surface area contributed by atoms with Crippen LogP contribution in [-0.4, -0.2) is 10.2 Å². The monoisotopic (exact) mass is 265 g/mol. The first-order valence-corrected chi connectivity index (χ1v) is 5.59. The topological polar surface area (TPSA) is 54.7 Å². The zero-order valence-electron chi connectivity index (χ0n) is 8.42. The first-order valence-electron chi connectivity index (χ1n) is 4.80. The van der Waals surface area contributed by atoms with Gasteiger partial charge in [0.2, 0.25) is 0 Å². The zero-order valence-corrected chi connectivity index (χ0v) is 10.0. The highest BCUT2D eigenvalue weighted by Crippen LogP contribution is 2.26. The van der Waals surface area contributed by atoms with Gasteiger partial charge in [-0.25, -0.2) is 0 Å². The number of hydrogen-bond donors (Lipinski definition) is 2. The number of nitrogen functional groups attached to an aromatic ring is 1. The molecule has 0 aliphatic rings. The van der Waals surface area contributed by atoms with Crippen LogP contribution in [0.15, 0.2) is 28.7 Å². The van der Waals surface area contributed by atoms with E-state index in [9.17, 15) is 0 Å². The maximum absolute atomic E-state index is 5.59. The molecular weight excluding hydrogens is 254 g/mol. The lowest BCUT2D eigenvalue weighted by atomic mass is 10.0. The molecule has 0 saturated heterocycles. The predicted octanol–water partition coefficient (Wildman–Crippen LogP) is 2.98. The summed E-state index contributed by atoms with van der Waals surface area (Å²) in [6.45, 7) is 2.13. The first-order chi connectivity index (χ1) is 7.20. The van der Waals surface area contributed by atoms with Gasteiger partial charge in [-0.2, -0.15) is 5.10 Å². The van der Waals surface area contributed by atoms with Crippen LogP contribution in [0.25, 0.3) is 11.3 Å². The highest BCUT2D eigenvalue weighted by atomic mass is 79.9. The molecule has 15 heavy (non-hydrogen) atoms. The third kappa shape index (κ3) is 2.04. The second-order valence-electron chi connectivity index (χ2n) is 3.36. The fourth-order valence-corrected chi connectivity index (χ4v) is 1.94. The molecule has 1 aromatic heterocycles. The van der Waals surface area contributed by atoms with Crippen LogP contribution in [-0.2, 0) is 6.42 Å². The number of aromatic amines is 1. The van der Waals surface area contributed by atoms with Gasteiger partial charge in [0.05, 0.1) is 5.69 Å². The molecule has 2 rings (SSSR count). The smallest absolute Gasteiger partial charge is 0.145 e. The quantitative estimate of drug-likeness (QED) is 0.877. The van der Waals surface area contributed by atoms with Crippen LogP contribution in [0, 0.1) is 0 Å². The third-order valence-electron chi connectivity index (χ3n) is 2.34. The van der Waals surface area contributed by atoms with Crippen LogP contribution in [0.2, 0.25) is 0 Å². The van der Waals surface area contributed by atoms with Gasteiger partial charge >= 0.3 is 0 Å². The molecule has 0 aliphatic carbocycles. The Morgan fingerprint density at radius 3 is 2.80 bits per heavy atom. The third-order valence-corrected chi connectivity index (χ3v) is 2.83. The van der Waals surface area contributed by atoms with Gasteiger partial charge in [-0.15, -0.1) is 0 Å². The average molecular weight is 266 g/mol. The molecule has 78 valence electrons. The summed E-state index contributed by atoms with van der Waals surface area (Å²) in [6, 6.07) is 8.07. The minimum absolute atomic E-state index is 0.520. The number of nitrogens with zero attached hydrogens (tertiary/aromatic N) is 1. The van der Waals surface area contributed by atoms with Crippen molar-refractivity contribution < 1.29 is 0 Å². The summed E-state index contributed by atoms with van der Waals surface area (Å²) in [4.78, 5) is 0. The molecule has 0 aliphatic heterocycles. The Kier molecular flexibility index (Phi) is 2.77. The number of aryl methyl sites for hydroxylation is 1. The lowest BCUT2D eigenvalue weighted by Crippen LogP contribution is -1.87. The van der Waals surface area contributed by atoms with Crippen molar-refractivity contribution in [2.24, 2.45) is 0 Å². The maximum atomic E-state index is 5.59. The molecule has 3 N–H and O–H groups in total. The number of hydrogen-bond acceptors (Lipinski definition) is 2. The van der Waals surface area contributed by atoms with Gasteiger partial charge in [-0.3, -0.25) is 5.10 Å². The van der Waals surface area contributed by atoms with Crippen LogP contribution >= 0.6 is 15.9 Å². The zero-order chi connectivity index (χ0) is 10.8. The number of nitrogens with one attached hydrogen (secondary N) is 1. The van der Waals surface area contributed by atoms with Crippen molar-refractivity contribution in [2.75, 3.05) is 5.73 Å².